The van der Waals surface area contributed by atoms with E-state index in [1.165, 1.54) is 30.3 Å². The maximum absolute atomic E-state index is 13.3. The minimum Gasteiger partial charge on any atom is -0.339 e. The molecule has 150 valence electrons. The van der Waals surface area contributed by atoms with Crippen molar-refractivity contribution in [1.82, 2.24) is 0 Å². The predicted octanol–water partition coefficient (Wildman–Crippen LogP) is 5.09. The van der Waals surface area contributed by atoms with Gasteiger partial charge in [0.2, 0.25) is 0 Å². The summed E-state index contributed by atoms with van der Waals surface area (Å²) in [5.74, 6) is -0.930. The molecular formula is C20H14F4N2O2S. The fourth-order valence-corrected chi connectivity index (χ4v) is 3.47. The summed E-state index contributed by atoms with van der Waals surface area (Å²) in [6.45, 7) is 0. The first-order chi connectivity index (χ1) is 13.7. The molecule has 0 radical (unpaired) electrons. The van der Waals surface area contributed by atoms with Gasteiger partial charge < -0.3 is 5.32 Å². The van der Waals surface area contributed by atoms with E-state index in [2.05, 4.69) is 9.71 Å². The Morgan fingerprint density at radius 3 is 2.03 bits per heavy atom. The monoisotopic (exact) mass is 422 g/mol. The molecule has 0 aliphatic heterocycles. The Morgan fingerprint density at radius 1 is 0.828 bits per heavy atom. The predicted molar refractivity (Wildman–Crippen MR) is 102 cm³/mol. The molecule has 9 heteroatoms. The Labute approximate surface area is 164 Å². The van der Waals surface area contributed by atoms with Crippen LogP contribution in [0.3, 0.4) is 0 Å². The molecule has 0 saturated carbocycles. The summed E-state index contributed by atoms with van der Waals surface area (Å²) in [6.07, 6.45) is -4.65. The molecule has 0 bridgehead atoms. The van der Waals surface area contributed by atoms with E-state index >= 15 is 0 Å². The van der Waals surface area contributed by atoms with E-state index < -0.39 is 27.6 Å². The van der Waals surface area contributed by atoms with E-state index in [0.29, 0.717) is 0 Å². The lowest BCUT2D eigenvalue weighted by molar-refractivity contribution is -0.136. The number of sulfonamides is 1. The molecule has 1 N–H and O–H groups in total. The Hall–Kier alpha value is -3.20. The normalized spacial score (nSPS) is 12.6. The summed E-state index contributed by atoms with van der Waals surface area (Å²) >= 11 is 0. The molecule has 0 heterocycles. The van der Waals surface area contributed by atoms with Gasteiger partial charge in [0.25, 0.3) is 10.0 Å². The Kier molecular flexibility index (Phi) is 5.69. The molecule has 0 aromatic heterocycles. The number of rotatable bonds is 4. The average molecular weight is 422 g/mol. The van der Waals surface area contributed by atoms with Gasteiger partial charge in [0.1, 0.15) is 5.82 Å². The third-order valence-corrected chi connectivity index (χ3v) is 5.15. The number of para-hydroxylation sites is 1. The highest BCUT2D eigenvalue weighted by molar-refractivity contribution is 7.90. The van der Waals surface area contributed by atoms with Crippen LogP contribution in [0.5, 0.6) is 0 Å². The number of anilines is 1. The van der Waals surface area contributed by atoms with E-state index in [-0.39, 0.29) is 22.0 Å². The maximum atomic E-state index is 13.3. The number of alkyl halides is 3. The summed E-state index contributed by atoms with van der Waals surface area (Å²) in [7, 11) is -4.32. The second-order valence-electron chi connectivity index (χ2n) is 5.90. The Morgan fingerprint density at radius 2 is 1.41 bits per heavy atom. The van der Waals surface area contributed by atoms with Crippen LogP contribution in [0.4, 0.5) is 23.2 Å². The van der Waals surface area contributed by atoms with Gasteiger partial charge in [-0.1, -0.05) is 42.5 Å². The minimum atomic E-state index is -4.65. The summed E-state index contributed by atoms with van der Waals surface area (Å²) in [5, 5.41) is 2.48. The second-order valence-corrected chi connectivity index (χ2v) is 7.51. The topological polar surface area (TPSA) is 58.5 Å². The van der Waals surface area contributed by atoms with Crippen molar-refractivity contribution in [2.75, 3.05) is 5.32 Å². The zero-order chi connectivity index (χ0) is 21.1. The van der Waals surface area contributed by atoms with E-state index in [1.54, 1.807) is 18.2 Å². The summed E-state index contributed by atoms with van der Waals surface area (Å²) < 4.78 is 82.0. The first-order valence-electron chi connectivity index (χ1n) is 8.26. The van der Waals surface area contributed by atoms with Gasteiger partial charge in [-0.05, 0) is 36.4 Å². The van der Waals surface area contributed by atoms with Gasteiger partial charge in [0, 0.05) is 5.56 Å². The lowest BCUT2D eigenvalue weighted by Crippen LogP contribution is -2.19. The number of halogens is 4. The highest BCUT2D eigenvalue weighted by Crippen LogP contribution is 2.34. The molecule has 0 atom stereocenters. The highest BCUT2D eigenvalue weighted by atomic mass is 32.2. The van der Waals surface area contributed by atoms with Crippen molar-refractivity contribution in [1.29, 1.82) is 0 Å². The first-order valence-corrected chi connectivity index (χ1v) is 9.70. The third-order valence-electron chi connectivity index (χ3n) is 3.86. The second kappa shape index (κ2) is 8.04. The minimum absolute atomic E-state index is 0.259. The van der Waals surface area contributed by atoms with Crippen LogP contribution in [-0.4, -0.2) is 14.3 Å². The molecule has 0 aliphatic rings. The van der Waals surface area contributed by atoms with Crippen LogP contribution >= 0.6 is 0 Å². The molecule has 3 aromatic rings. The fourth-order valence-electron chi connectivity index (χ4n) is 2.49. The molecule has 0 aliphatic carbocycles. The number of nitrogens with one attached hydrogen (secondary N) is 1. The van der Waals surface area contributed by atoms with Crippen LogP contribution in [-0.2, 0) is 16.2 Å². The lowest BCUT2D eigenvalue weighted by atomic mass is 10.1. The van der Waals surface area contributed by atoms with E-state index in [1.807, 2.05) is 0 Å². The number of hydrogen-bond donors (Lipinski definition) is 1. The van der Waals surface area contributed by atoms with E-state index in [9.17, 15) is 26.0 Å². The summed E-state index contributed by atoms with van der Waals surface area (Å²) in [4.78, 5) is -0.293. The van der Waals surface area contributed by atoms with Gasteiger partial charge in [-0.15, -0.1) is 4.40 Å². The molecule has 0 spiro atoms. The zero-order valence-electron chi connectivity index (χ0n) is 14.7. The van der Waals surface area contributed by atoms with Crippen molar-refractivity contribution in [3.8, 4) is 0 Å². The van der Waals surface area contributed by atoms with Gasteiger partial charge in [-0.2, -0.15) is 21.6 Å². The quantitative estimate of drug-likeness (QED) is 0.362. The van der Waals surface area contributed by atoms with Gasteiger partial charge in [-0.3, -0.25) is 0 Å². The molecular weight excluding hydrogens is 408 g/mol. The van der Waals surface area contributed by atoms with Crippen LogP contribution in [0.15, 0.2) is 88.2 Å². The number of hydrogen-bond acceptors (Lipinski definition) is 2. The number of amidine groups is 1. The van der Waals surface area contributed by atoms with Crippen molar-refractivity contribution >= 4 is 21.5 Å². The zero-order valence-corrected chi connectivity index (χ0v) is 15.5. The number of nitrogens with zero attached hydrogens (tertiary/aromatic N) is 1. The number of benzene rings is 3. The molecule has 3 aromatic carbocycles. The standard InChI is InChI=1S/C20H14F4N2O2S/c21-15-10-12-16(13-11-15)29(27,28)26-19(14-6-2-1-3-7-14)25-18-9-5-4-8-17(18)20(22,23)24/h1-13H,(H,25,26). The van der Waals surface area contributed by atoms with Crippen LogP contribution in [0.25, 0.3) is 0 Å². The maximum Gasteiger partial charge on any atom is 0.418 e. The summed E-state index contributed by atoms with van der Waals surface area (Å²) in [5.41, 5.74) is -1.06. The molecule has 0 saturated heterocycles. The SMILES string of the molecule is O=S(=O)(/N=C(\Nc1ccccc1C(F)(F)F)c1ccccc1)c1ccc(F)cc1. The van der Waals surface area contributed by atoms with Crippen molar-refractivity contribution in [3.63, 3.8) is 0 Å². The van der Waals surface area contributed by atoms with E-state index in [4.69, 9.17) is 0 Å². The van der Waals surface area contributed by atoms with Gasteiger partial charge in [0.15, 0.2) is 5.84 Å². The molecule has 3 rings (SSSR count). The van der Waals surface area contributed by atoms with Crippen molar-refractivity contribution in [3.05, 3.63) is 95.8 Å². The van der Waals surface area contributed by atoms with Crippen LogP contribution < -0.4 is 5.32 Å². The van der Waals surface area contributed by atoms with Gasteiger partial charge in [0.05, 0.1) is 16.1 Å². The largest absolute Gasteiger partial charge is 0.418 e. The summed E-state index contributed by atoms with van der Waals surface area (Å²) in [6, 6.07) is 16.5. The lowest BCUT2D eigenvalue weighted by Gasteiger charge is -2.16. The Bertz CT molecular complexity index is 1130. The molecule has 0 unspecified atom stereocenters. The molecule has 0 fully saturated rings. The smallest absolute Gasteiger partial charge is 0.339 e. The highest BCUT2D eigenvalue weighted by Gasteiger charge is 2.33. The van der Waals surface area contributed by atoms with Crippen molar-refractivity contribution in [2.45, 2.75) is 11.1 Å². The van der Waals surface area contributed by atoms with Crippen molar-refractivity contribution in [2.24, 2.45) is 4.40 Å². The van der Waals surface area contributed by atoms with Crippen LogP contribution in [0, 0.1) is 5.82 Å². The molecule has 4 nitrogen and oxygen atoms in total. The van der Waals surface area contributed by atoms with Crippen LogP contribution in [0.1, 0.15) is 11.1 Å². The third kappa shape index (κ3) is 5.00. The Balaban J connectivity index is 2.10. The van der Waals surface area contributed by atoms with Gasteiger partial charge in [-0.25, -0.2) is 4.39 Å². The van der Waals surface area contributed by atoms with E-state index in [0.717, 1.165) is 30.3 Å². The fraction of sp³-hybridized carbons (Fsp3) is 0.0500. The molecule has 0 amide bonds. The average Bonchev–Trinajstić information content (AvgIpc) is 2.68. The van der Waals surface area contributed by atoms with Gasteiger partial charge >= 0.3 is 6.18 Å². The molecule has 29 heavy (non-hydrogen) atoms. The van der Waals surface area contributed by atoms with Crippen LogP contribution in [0.2, 0.25) is 0 Å². The van der Waals surface area contributed by atoms with Crippen molar-refractivity contribution < 1.29 is 26.0 Å². The first kappa shape index (κ1) is 20.5.